The molecule has 129 heavy (non-hydrogen) atoms. The number of phenolic OH excluding ortho intramolecular Hbond substituents is 4. The van der Waals surface area contributed by atoms with Crippen molar-refractivity contribution < 1.29 is 137 Å². The number of hydrogen-bond acceptors (Lipinski definition) is 30. The zero-order valence-electron chi connectivity index (χ0n) is 69.3. The van der Waals surface area contributed by atoms with Crippen LogP contribution in [0.4, 0.5) is 11.4 Å². The van der Waals surface area contributed by atoms with Crippen LogP contribution in [0.3, 0.4) is 0 Å². The molecule has 0 aliphatic carbocycles. The number of fused-ring (bicyclic) bond motifs is 15. The number of carbonyl (C=O) groups is 9. The van der Waals surface area contributed by atoms with Gasteiger partial charge >= 0.3 is 11.7 Å². The fourth-order valence-electron chi connectivity index (χ4n) is 15.6. The quantitative estimate of drug-likeness (QED) is 0.0258. The summed E-state index contributed by atoms with van der Waals surface area (Å²) in [6.07, 6.45) is -19.8. The molecular weight excluding hydrogens is 1730 g/mol. The number of benzene rings is 8. The van der Waals surface area contributed by atoms with Crippen LogP contribution >= 0.6 is 23.2 Å². The van der Waals surface area contributed by atoms with Gasteiger partial charge in [-0.15, -0.1) is 0 Å². The van der Waals surface area contributed by atoms with Crippen molar-refractivity contribution in [3.8, 4) is 74.4 Å². The lowest BCUT2D eigenvalue weighted by Crippen LogP contribution is -2.65. The summed E-state index contributed by atoms with van der Waals surface area (Å²) in [7, 11) is 1.46. The van der Waals surface area contributed by atoms with Crippen molar-refractivity contribution in [2.75, 3.05) is 19.0 Å². The molecule has 682 valence electrons. The summed E-state index contributed by atoms with van der Waals surface area (Å²) in [5.41, 5.74) is 1.01. The van der Waals surface area contributed by atoms with Gasteiger partial charge in [0.25, 0.3) is 5.91 Å². The van der Waals surface area contributed by atoms with Crippen LogP contribution in [-0.4, -0.2) is 207 Å². The van der Waals surface area contributed by atoms with E-state index >= 15 is 24.0 Å². The van der Waals surface area contributed by atoms with Crippen LogP contribution in [0, 0.1) is 23.0 Å². The van der Waals surface area contributed by atoms with Gasteiger partial charge in [-0.2, -0.15) is 0 Å². The molecule has 11 bridgehead atoms. The molecule has 2 fully saturated rings. The Morgan fingerprint density at radius 1 is 0.690 bits per heavy atom. The fraction of sp³-hybridized carbons (Fsp3) is 0.345. The van der Waals surface area contributed by atoms with E-state index in [4.69, 9.17) is 62.1 Å². The minimum Gasteiger partial charge on any atom is -0.507 e. The monoisotopic (exact) mass is 1820 g/mol. The van der Waals surface area contributed by atoms with E-state index in [0.717, 1.165) is 60.7 Å². The Morgan fingerprint density at radius 3 is 1.93 bits per heavy atom. The van der Waals surface area contributed by atoms with Gasteiger partial charge in [0.2, 0.25) is 64.9 Å². The molecule has 18 atom stereocenters. The smallest absolute Gasteiger partial charge is 0.330 e. The number of halogens is 2. The summed E-state index contributed by atoms with van der Waals surface area (Å²) in [5.74, 6) is -19.8. The first kappa shape index (κ1) is 93.6. The second-order valence-electron chi connectivity index (χ2n) is 32.0. The number of carboxylic acid groups (broad SMARTS) is 1. The third-order valence-corrected chi connectivity index (χ3v) is 23.1. The lowest BCUT2D eigenvalue weighted by atomic mass is 9.84. The molecule has 8 amide bonds. The van der Waals surface area contributed by atoms with Crippen LogP contribution in [0.2, 0.25) is 10.0 Å². The van der Waals surface area contributed by atoms with E-state index < -0.39 is 276 Å². The number of amides is 8. The standard InChI is InChI=1S/C87H91Cl2N11O29/c1-35(2)24-50(91-6)79(113)98-65-68(105)40-16-22-54(48(88)26-40)125-56-28-42-29-57(75(56)129-86-76(73(110)71(108)58(34-101)127-86)128-60-32-87(5,77(111)37(4)123-60)92-33-38-13-18-43(19-14-38)93-78(112)45-20-12-36(3)74(67(45)100(121)122)124-44-10-8-7-9-11-44)126-55-23-17-41(27-49(55)89)69(106)66-84(118)97-64(85(119)120)47-30-53(103)70(107)72(109)61(47)46-25-39(15-21-52(46)102)62(81(115)99-66)96-82(116)63(42)95-80(114)51(31-59(90)104)94-83(65)117/h7-23,25-30,35,37,50-51,58,60,62-66,68-69,71,73,76-77,86,91-92,101-103,105-111H,24,31-34H2,1-6H3,(H2,90,104)(H,93,112)(H,94,117)(H,95,114)(H,96,116)(H,97,118)(H,98,113)(H,99,115)(H,119,120)/t37-,50+,51-,58+,60-,62+,63+,64+,65?,66-,68+,69+,71+,73-,76+,77+,86-,87-/m0/s1. The summed E-state index contributed by atoms with van der Waals surface area (Å²) in [6, 6.07) is 14.6. The number of anilines is 1. The van der Waals surface area contributed by atoms with Gasteiger partial charge in [0, 0.05) is 40.9 Å². The maximum absolute atomic E-state index is 16.3. The van der Waals surface area contributed by atoms with E-state index in [1.165, 1.54) is 44.3 Å². The number of aliphatic hydroxyl groups is 6. The fourth-order valence-corrected chi connectivity index (χ4v) is 16.1. The Labute approximate surface area is 743 Å². The van der Waals surface area contributed by atoms with Crippen molar-refractivity contribution in [3.63, 3.8) is 0 Å². The number of primary amides is 1. The van der Waals surface area contributed by atoms with E-state index in [0.29, 0.717) is 22.9 Å². The molecule has 2 saturated heterocycles. The SMILES string of the molecule is CN[C@H](CC(C)C)C(=O)NC1C(=O)N[C@@H](CC(N)=O)C(=O)N[C@H]2C(=O)N[C@H]3C(=O)N[C@H](C(=O)N[C@@H](C(=O)O)c4cc(O)c(O)c(O)c4-c4cc3ccc4O)[C@H](O)c3ccc(c(Cl)c3)Oc3cc2cc(c3O[C@@H]2O[C@H](CO)[C@@H](O)[C@H](O)[C@H]2O[C@H]2C[C@](C)(NCc3ccc(NC(=O)c4ccc(C)c(Oc5ccccc5)c4[N+](=O)[O-])cc3)[C@H](O)[C@H](C)O2)Oc2ccc(cc2Cl)[C@H]1O. The first-order valence-corrected chi connectivity index (χ1v) is 41.0. The summed E-state index contributed by atoms with van der Waals surface area (Å²) < 4.78 is 45.3. The normalized spacial score (nSPS) is 25.4. The Kier molecular flexibility index (Phi) is 28.2. The topological polar surface area (TPSA) is 618 Å². The number of nitrogens with two attached hydrogens (primary N) is 1. The number of carbonyl (C=O) groups excluding carboxylic acids is 8. The van der Waals surface area contributed by atoms with Gasteiger partial charge in [-0.25, -0.2) is 4.79 Å². The third-order valence-electron chi connectivity index (χ3n) is 22.5. The van der Waals surface area contributed by atoms with E-state index in [1.807, 2.05) is 0 Å². The van der Waals surface area contributed by atoms with Crippen LogP contribution in [0.1, 0.15) is 127 Å². The first-order valence-electron chi connectivity index (χ1n) is 40.3. The number of hydrogen-bond donors (Lipinski definition) is 21. The molecule has 8 aromatic carbocycles. The van der Waals surface area contributed by atoms with Crippen LogP contribution in [0.5, 0.6) is 63.2 Å². The number of aliphatic carboxylic acids is 1. The molecule has 0 radical (unpaired) electrons. The molecule has 0 spiro atoms. The molecular formula is C87H91Cl2N11O29. The molecule has 40 nitrogen and oxygen atoms in total. The van der Waals surface area contributed by atoms with Crippen molar-refractivity contribution in [2.24, 2.45) is 11.7 Å². The highest BCUT2D eigenvalue weighted by atomic mass is 35.5. The van der Waals surface area contributed by atoms with Gasteiger partial charge in [-0.05, 0) is 158 Å². The largest absolute Gasteiger partial charge is 0.507 e. The molecule has 8 aromatic rings. The van der Waals surface area contributed by atoms with Crippen molar-refractivity contribution in [2.45, 2.75) is 170 Å². The lowest BCUT2D eigenvalue weighted by Gasteiger charge is -2.48. The Bertz CT molecular complexity index is 5700. The number of ether oxygens (including phenoxy) is 7. The highest BCUT2D eigenvalue weighted by Gasteiger charge is 2.53. The number of rotatable bonds is 21. The van der Waals surface area contributed by atoms with Crippen molar-refractivity contribution >= 4 is 87.8 Å². The Morgan fingerprint density at radius 2 is 1.32 bits per heavy atom. The van der Waals surface area contributed by atoms with E-state index in [-0.39, 0.29) is 53.4 Å². The second-order valence-corrected chi connectivity index (χ2v) is 32.9. The average Bonchev–Trinajstić information content (AvgIpc) is 0.942. The van der Waals surface area contributed by atoms with E-state index in [9.17, 15) is 85.5 Å². The Hall–Kier alpha value is -13.1. The highest BCUT2D eigenvalue weighted by Crippen LogP contribution is 2.52. The van der Waals surface area contributed by atoms with Crippen LogP contribution < -0.4 is 72.5 Å². The third kappa shape index (κ3) is 20.1. The molecule has 22 N–H and O–H groups in total. The molecule has 15 rings (SSSR count). The summed E-state index contributed by atoms with van der Waals surface area (Å²) in [4.78, 5) is 144. The van der Waals surface area contributed by atoms with E-state index in [2.05, 4.69) is 47.9 Å². The van der Waals surface area contributed by atoms with Crippen LogP contribution in [0.25, 0.3) is 11.1 Å². The molecule has 7 aliphatic heterocycles. The van der Waals surface area contributed by atoms with Crippen molar-refractivity contribution in [3.05, 3.63) is 204 Å². The molecule has 0 aromatic heterocycles. The minimum atomic E-state index is -2.44. The van der Waals surface area contributed by atoms with Gasteiger partial charge in [0.1, 0.15) is 89.3 Å². The summed E-state index contributed by atoms with van der Waals surface area (Å²) >= 11 is 14.3. The maximum atomic E-state index is 16.3. The number of aryl methyl sites for hydroxylation is 1. The number of nitro benzene ring substituents is 1. The number of para-hydroxylation sites is 1. The average molecular weight is 1830 g/mol. The minimum absolute atomic E-state index is 0.000317. The zero-order chi connectivity index (χ0) is 93.2. The van der Waals surface area contributed by atoms with E-state index in [1.54, 1.807) is 70.2 Å². The molecule has 7 aliphatic rings. The van der Waals surface area contributed by atoms with Gasteiger partial charge in [-0.1, -0.05) is 91.6 Å². The number of phenols is 4. The Balaban J connectivity index is 0.926. The predicted octanol–water partition coefficient (Wildman–Crippen LogP) is 4.90. The molecule has 0 saturated carbocycles. The number of aromatic hydroxyl groups is 4. The number of carboxylic acids is 1. The molecule has 42 heteroatoms. The van der Waals surface area contributed by atoms with Gasteiger partial charge in [-0.3, -0.25) is 48.5 Å². The molecule has 1 unspecified atom stereocenters. The molecule has 7 heterocycles. The number of aliphatic hydroxyl groups excluding tert-OH is 6. The van der Waals surface area contributed by atoms with Crippen molar-refractivity contribution in [1.82, 2.24) is 42.5 Å². The van der Waals surface area contributed by atoms with Gasteiger partial charge in [0.15, 0.2) is 41.4 Å². The maximum Gasteiger partial charge on any atom is 0.330 e. The number of nitrogens with one attached hydrogen (secondary N) is 9. The first-order chi connectivity index (χ1) is 61.2. The van der Waals surface area contributed by atoms with Crippen molar-refractivity contribution in [1.29, 1.82) is 0 Å². The van der Waals surface area contributed by atoms with Gasteiger partial charge in [0.05, 0.1) is 46.2 Å². The predicted molar refractivity (Wildman–Crippen MR) is 452 cm³/mol. The lowest BCUT2D eigenvalue weighted by molar-refractivity contribution is -0.385. The zero-order valence-corrected chi connectivity index (χ0v) is 70.8. The number of nitrogens with zero attached hydrogens (tertiary/aromatic N) is 1. The summed E-state index contributed by atoms with van der Waals surface area (Å²) in [5, 5.41) is 163. The van der Waals surface area contributed by atoms with Crippen LogP contribution in [0.15, 0.2) is 140 Å². The van der Waals surface area contributed by atoms with Crippen LogP contribution in [-0.2, 0) is 59.1 Å². The van der Waals surface area contributed by atoms with Gasteiger partial charge < -0.3 is 143 Å². The highest BCUT2D eigenvalue weighted by molar-refractivity contribution is 6.32. The number of likely N-dealkylation sites (N-methyl/N-ethyl adjacent to an activating group) is 1. The second kappa shape index (κ2) is 38.9. The summed E-state index contributed by atoms with van der Waals surface area (Å²) in [6.45, 7) is 7.28. The number of nitro groups is 1.